The molecule has 0 unspecified atom stereocenters. The standard InChI is InChI=1S/C18H23ClN4O6S/c1-9(25)20-14-16(27)15(26)12(7-24)29-17(14)23-18(30)22(2)13(21-23)8-28-11-5-3-10(19)4-6-11/h3-6,12,14-17,24,26-27H,7-8H2,1-2H3,(H,20,25)/t12-,14-,15-,16-,17-/m1/s1. The third-order valence-corrected chi connectivity index (χ3v) is 5.50. The quantitative estimate of drug-likeness (QED) is 0.454. The van der Waals surface area contributed by atoms with E-state index >= 15 is 0 Å². The Morgan fingerprint density at radius 3 is 2.60 bits per heavy atom. The van der Waals surface area contributed by atoms with Crippen LogP contribution in [0.1, 0.15) is 19.0 Å². The lowest BCUT2D eigenvalue weighted by Gasteiger charge is -2.42. The van der Waals surface area contributed by atoms with E-state index in [0.29, 0.717) is 16.6 Å². The zero-order valence-corrected chi connectivity index (χ0v) is 17.9. The van der Waals surface area contributed by atoms with E-state index in [-0.39, 0.29) is 11.4 Å². The molecule has 2 aromatic rings. The Morgan fingerprint density at radius 1 is 1.33 bits per heavy atom. The van der Waals surface area contributed by atoms with Crippen molar-refractivity contribution in [1.82, 2.24) is 19.7 Å². The predicted octanol–water partition coefficient (Wildman–Crippen LogP) is 0.300. The summed E-state index contributed by atoms with van der Waals surface area (Å²) in [6, 6.07) is 5.79. The number of aliphatic hydroxyl groups is 3. The number of carbonyl (C=O) groups is 1. The molecule has 4 N–H and O–H groups in total. The van der Waals surface area contributed by atoms with E-state index in [4.69, 9.17) is 33.3 Å². The zero-order valence-electron chi connectivity index (χ0n) is 16.3. The van der Waals surface area contributed by atoms with Gasteiger partial charge >= 0.3 is 0 Å². The fraction of sp³-hybridized carbons (Fsp3) is 0.500. The Hall–Kier alpha value is -2.02. The summed E-state index contributed by atoms with van der Waals surface area (Å²) in [6.07, 6.45) is -4.92. The van der Waals surface area contributed by atoms with Gasteiger partial charge in [-0.15, -0.1) is 0 Å². The number of carbonyl (C=O) groups excluding carboxylic acids is 1. The Labute approximate surface area is 182 Å². The van der Waals surface area contributed by atoms with Crippen molar-refractivity contribution in [2.75, 3.05) is 6.61 Å². The molecule has 1 aromatic carbocycles. The van der Waals surface area contributed by atoms with Crippen LogP contribution >= 0.6 is 23.8 Å². The van der Waals surface area contributed by atoms with Crippen LogP contribution in [0.25, 0.3) is 0 Å². The summed E-state index contributed by atoms with van der Waals surface area (Å²) in [6.45, 7) is 0.826. The van der Waals surface area contributed by atoms with Crippen molar-refractivity contribution in [3.05, 3.63) is 39.9 Å². The molecule has 0 aliphatic carbocycles. The summed E-state index contributed by atoms with van der Waals surface area (Å²) in [5.74, 6) is 0.612. The lowest BCUT2D eigenvalue weighted by molar-refractivity contribution is -0.219. The third kappa shape index (κ3) is 4.66. The Morgan fingerprint density at radius 2 is 2.00 bits per heavy atom. The first-order valence-corrected chi connectivity index (χ1v) is 9.94. The van der Waals surface area contributed by atoms with Crippen molar-refractivity contribution in [2.45, 2.75) is 44.1 Å². The first-order valence-electron chi connectivity index (χ1n) is 9.15. The van der Waals surface area contributed by atoms with Crippen LogP contribution < -0.4 is 10.1 Å². The molecule has 10 nitrogen and oxygen atoms in total. The number of amides is 1. The van der Waals surface area contributed by atoms with E-state index in [1.54, 1.807) is 35.9 Å². The largest absolute Gasteiger partial charge is 0.486 e. The molecule has 3 rings (SSSR count). The van der Waals surface area contributed by atoms with E-state index in [9.17, 15) is 20.1 Å². The summed E-state index contributed by atoms with van der Waals surface area (Å²) in [5, 5.41) is 37.7. The number of hydrogen-bond donors (Lipinski definition) is 4. The average Bonchev–Trinajstić information content (AvgIpc) is 2.99. The van der Waals surface area contributed by atoms with Crippen LogP contribution in [0.2, 0.25) is 5.02 Å². The smallest absolute Gasteiger partial charge is 0.217 e. The highest BCUT2D eigenvalue weighted by atomic mass is 35.5. The van der Waals surface area contributed by atoms with Gasteiger partial charge in [-0.25, -0.2) is 4.68 Å². The molecule has 1 amide bonds. The van der Waals surface area contributed by atoms with E-state index in [2.05, 4.69) is 10.4 Å². The van der Waals surface area contributed by atoms with E-state index < -0.39 is 43.1 Å². The first-order chi connectivity index (χ1) is 14.2. The molecular formula is C18H23ClN4O6S. The fourth-order valence-electron chi connectivity index (χ4n) is 3.17. The molecule has 1 aromatic heterocycles. The van der Waals surface area contributed by atoms with Gasteiger partial charge in [-0.05, 0) is 36.5 Å². The number of halogens is 1. The van der Waals surface area contributed by atoms with Gasteiger partial charge < -0.3 is 34.7 Å². The number of aliphatic hydroxyl groups excluding tert-OH is 3. The number of ether oxygens (including phenoxy) is 2. The molecule has 0 radical (unpaired) electrons. The molecule has 12 heteroatoms. The fourth-order valence-corrected chi connectivity index (χ4v) is 3.54. The van der Waals surface area contributed by atoms with Gasteiger partial charge in [0.2, 0.25) is 5.91 Å². The van der Waals surface area contributed by atoms with Crippen molar-refractivity contribution in [1.29, 1.82) is 0 Å². The summed E-state index contributed by atoms with van der Waals surface area (Å²) >= 11 is 11.3. The number of benzene rings is 1. The highest BCUT2D eigenvalue weighted by Crippen LogP contribution is 2.29. The molecule has 1 saturated heterocycles. The van der Waals surface area contributed by atoms with Gasteiger partial charge in [-0.3, -0.25) is 4.79 Å². The van der Waals surface area contributed by atoms with Crippen LogP contribution in [0, 0.1) is 4.77 Å². The van der Waals surface area contributed by atoms with Gasteiger partial charge in [-0.1, -0.05) is 11.6 Å². The number of nitrogens with one attached hydrogen (secondary N) is 1. The van der Waals surface area contributed by atoms with Crippen molar-refractivity contribution in [3.63, 3.8) is 0 Å². The Bertz CT molecular complexity index is 949. The van der Waals surface area contributed by atoms with E-state index in [1.165, 1.54) is 11.6 Å². The molecule has 1 aliphatic rings. The van der Waals surface area contributed by atoms with Crippen LogP contribution in [0.4, 0.5) is 0 Å². The van der Waals surface area contributed by atoms with Gasteiger partial charge in [0.15, 0.2) is 16.8 Å². The highest BCUT2D eigenvalue weighted by Gasteiger charge is 2.46. The minimum absolute atomic E-state index is 0.0842. The normalized spacial score (nSPS) is 26.4. The highest BCUT2D eigenvalue weighted by molar-refractivity contribution is 7.71. The van der Waals surface area contributed by atoms with Crippen LogP contribution in [0.5, 0.6) is 5.75 Å². The maximum Gasteiger partial charge on any atom is 0.217 e. The summed E-state index contributed by atoms with van der Waals surface area (Å²) in [4.78, 5) is 11.6. The SMILES string of the molecule is CC(=O)N[C@@H]1[C@@H](O)[C@H](O)[C@@H](CO)O[C@H]1n1nc(COc2ccc(Cl)cc2)n(C)c1=S. The molecule has 0 bridgehead atoms. The summed E-state index contributed by atoms with van der Waals surface area (Å²) in [7, 11) is 1.69. The van der Waals surface area contributed by atoms with Crippen molar-refractivity contribution in [2.24, 2.45) is 7.05 Å². The lowest BCUT2D eigenvalue weighted by Crippen LogP contribution is -2.62. The lowest BCUT2D eigenvalue weighted by atomic mass is 9.96. The summed E-state index contributed by atoms with van der Waals surface area (Å²) in [5.41, 5.74) is 0. The maximum absolute atomic E-state index is 11.6. The summed E-state index contributed by atoms with van der Waals surface area (Å²) < 4.78 is 14.6. The number of aromatic nitrogens is 3. The topological polar surface area (TPSA) is 131 Å². The van der Waals surface area contributed by atoms with Crippen LogP contribution in [0.15, 0.2) is 24.3 Å². The Kier molecular flexibility index (Phi) is 7.11. The second-order valence-electron chi connectivity index (χ2n) is 6.90. The average molecular weight is 459 g/mol. The van der Waals surface area contributed by atoms with Gasteiger partial charge in [0, 0.05) is 19.0 Å². The van der Waals surface area contributed by atoms with E-state index in [1.807, 2.05) is 0 Å². The Balaban J connectivity index is 1.88. The second-order valence-corrected chi connectivity index (χ2v) is 7.70. The number of nitrogens with zero attached hydrogens (tertiary/aromatic N) is 3. The van der Waals surface area contributed by atoms with Gasteiger partial charge in [0.05, 0.1) is 6.61 Å². The molecule has 164 valence electrons. The monoisotopic (exact) mass is 458 g/mol. The molecule has 0 spiro atoms. The maximum atomic E-state index is 11.6. The van der Waals surface area contributed by atoms with Crippen molar-refractivity contribution >= 4 is 29.7 Å². The molecular weight excluding hydrogens is 436 g/mol. The minimum Gasteiger partial charge on any atom is -0.486 e. The minimum atomic E-state index is -1.40. The van der Waals surface area contributed by atoms with Crippen LogP contribution in [-0.2, 0) is 23.2 Å². The zero-order chi connectivity index (χ0) is 22.0. The van der Waals surface area contributed by atoms with Crippen molar-refractivity contribution < 1.29 is 29.6 Å². The number of rotatable bonds is 6. The molecule has 30 heavy (non-hydrogen) atoms. The molecule has 2 heterocycles. The number of hydrogen-bond acceptors (Lipinski definition) is 8. The van der Waals surface area contributed by atoms with E-state index in [0.717, 1.165) is 0 Å². The molecule has 5 atom stereocenters. The van der Waals surface area contributed by atoms with Gasteiger partial charge in [0.25, 0.3) is 0 Å². The van der Waals surface area contributed by atoms with Crippen LogP contribution in [-0.4, -0.2) is 66.5 Å². The molecule has 1 fully saturated rings. The second kappa shape index (κ2) is 9.41. The third-order valence-electron chi connectivity index (χ3n) is 4.79. The van der Waals surface area contributed by atoms with Crippen LogP contribution in [0.3, 0.4) is 0 Å². The molecule has 1 aliphatic heterocycles. The van der Waals surface area contributed by atoms with Gasteiger partial charge in [-0.2, -0.15) is 5.10 Å². The predicted molar refractivity (Wildman–Crippen MR) is 108 cm³/mol. The van der Waals surface area contributed by atoms with Crippen molar-refractivity contribution in [3.8, 4) is 5.75 Å². The first kappa shape index (κ1) is 22.7. The molecule has 0 saturated carbocycles. The van der Waals surface area contributed by atoms with Gasteiger partial charge in [0.1, 0.15) is 36.7 Å².